The molecule has 210 valence electrons. The van der Waals surface area contributed by atoms with Crippen LogP contribution in [-0.2, 0) is 13.1 Å². The van der Waals surface area contributed by atoms with Crippen molar-refractivity contribution in [3.8, 4) is 0 Å². The summed E-state index contributed by atoms with van der Waals surface area (Å²) in [5.41, 5.74) is 0.445. The zero-order chi connectivity index (χ0) is 27.5. The first kappa shape index (κ1) is 27.0. The van der Waals surface area contributed by atoms with Crippen LogP contribution in [0.3, 0.4) is 0 Å². The van der Waals surface area contributed by atoms with Gasteiger partial charge in [-0.2, -0.15) is 0 Å². The minimum atomic E-state index is -0.448. The number of nitrogens with zero attached hydrogens (tertiary/aromatic N) is 5. The number of imidazole rings is 1. The van der Waals surface area contributed by atoms with E-state index in [1.54, 1.807) is 10.6 Å². The number of rotatable bonds is 12. The van der Waals surface area contributed by atoms with Crippen molar-refractivity contribution in [2.75, 3.05) is 25.0 Å². The minimum absolute atomic E-state index is 0.00949. The molecule has 2 saturated carbocycles. The zero-order valence-corrected chi connectivity index (χ0v) is 22.8. The first-order chi connectivity index (χ1) is 18.9. The van der Waals surface area contributed by atoms with Gasteiger partial charge in [-0.1, -0.05) is 13.8 Å². The molecule has 39 heavy (non-hydrogen) atoms. The Hall–Kier alpha value is -3.54. The number of anilines is 1. The Kier molecular flexibility index (Phi) is 8.10. The number of nitrogens with two attached hydrogens (primary N) is 1. The predicted octanol–water partition coefficient (Wildman–Crippen LogP) is 2.20. The SMILES string of the molecule is CCCn1c(=O)c2[nH]c(C3CC4CCC(C3)C4C[NH2+]CCNc3ccc([N+](=O)[O-])cn3)nc2n(CCC)c1=O. The van der Waals surface area contributed by atoms with Crippen molar-refractivity contribution in [3.05, 3.63) is 55.1 Å². The van der Waals surface area contributed by atoms with E-state index in [0.29, 0.717) is 47.8 Å². The summed E-state index contributed by atoms with van der Waals surface area (Å²) in [6.07, 6.45) is 7.37. The Morgan fingerprint density at radius 1 is 1.13 bits per heavy atom. The van der Waals surface area contributed by atoms with E-state index in [1.807, 2.05) is 13.8 Å². The van der Waals surface area contributed by atoms with Crippen LogP contribution in [-0.4, -0.2) is 48.6 Å². The fourth-order valence-corrected chi connectivity index (χ4v) is 6.70. The van der Waals surface area contributed by atoms with Crippen molar-refractivity contribution in [1.82, 2.24) is 24.1 Å². The number of H-pyrrole nitrogens is 1. The van der Waals surface area contributed by atoms with E-state index in [-0.39, 0.29) is 22.9 Å². The lowest BCUT2D eigenvalue weighted by molar-refractivity contribution is -0.659. The Morgan fingerprint density at radius 3 is 2.49 bits per heavy atom. The molecule has 0 aromatic carbocycles. The molecule has 2 unspecified atom stereocenters. The molecular formula is C27H39N8O4+. The summed E-state index contributed by atoms with van der Waals surface area (Å²) in [5, 5.41) is 16.4. The quantitative estimate of drug-likeness (QED) is 0.181. The van der Waals surface area contributed by atoms with Gasteiger partial charge < -0.3 is 15.6 Å². The molecule has 0 saturated heterocycles. The topological polar surface area (TPSA) is 157 Å². The monoisotopic (exact) mass is 539 g/mol. The molecule has 0 amide bonds. The first-order valence-corrected chi connectivity index (χ1v) is 14.3. The Balaban J connectivity index is 1.20. The molecule has 0 aliphatic heterocycles. The standard InChI is InChI=1S/C27H38N8O4/c1-3-11-33-25-23(26(36)34(12-4-2)27(33)37)31-24(32-25)19-13-17-5-6-18(14-19)21(17)16-28-9-10-29-22-8-7-20(15-30-22)35(38)39/h7-8,15,17-19,21,28H,3-6,9-14,16H2,1-2H3,(H,29,30)(H,31,32)/p+1. The van der Waals surface area contributed by atoms with Crippen LogP contribution < -0.4 is 21.9 Å². The van der Waals surface area contributed by atoms with Crippen LogP contribution in [0.5, 0.6) is 0 Å². The predicted molar refractivity (Wildman–Crippen MR) is 148 cm³/mol. The molecular weight excluding hydrogens is 500 g/mol. The van der Waals surface area contributed by atoms with E-state index in [9.17, 15) is 19.7 Å². The summed E-state index contributed by atoms with van der Waals surface area (Å²) in [5.74, 6) is 3.73. The third-order valence-corrected chi connectivity index (χ3v) is 8.51. The zero-order valence-electron chi connectivity index (χ0n) is 22.8. The maximum atomic E-state index is 13.1. The van der Waals surface area contributed by atoms with Gasteiger partial charge in [-0.25, -0.2) is 14.8 Å². The van der Waals surface area contributed by atoms with Gasteiger partial charge in [-0.3, -0.25) is 24.0 Å². The molecule has 3 aromatic heterocycles. The summed E-state index contributed by atoms with van der Waals surface area (Å²) in [7, 11) is 0. The van der Waals surface area contributed by atoms with Crippen LogP contribution in [0, 0.1) is 27.9 Å². The van der Waals surface area contributed by atoms with Crippen molar-refractivity contribution in [2.24, 2.45) is 17.8 Å². The van der Waals surface area contributed by atoms with Crippen molar-refractivity contribution >= 4 is 22.7 Å². The van der Waals surface area contributed by atoms with Gasteiger partial charge in [0.2, 0.25) is 0 Å². The number of nitrogens with one attached hydrogen (secondary N) is 2. The molecule has 2 bridgehead atoms. The van der Waals surface area contributed by atoms with Crippen LogP contribution in [0.4, 0.5) is 11.5 Å². The second-order valence-corrected chi connectivity index (χ2v) is 11.0. The fraction of sp³-hybridized carbons (Fsp3) is 0.630. The molecule has 2 fully saturated rings. The number of hydrogen-bond donors (Lipinski definition) is 3. The summed E-state index contributed by atoms with van der Waals surface area (Å²) >= 11 is 0. The van der Waals surface area contributed by atoms with E-state index < -0.39 is 4.92 Å². The lowest BCUT2D eigenvalue weighted by Gasteiger charge is -2.33. The van der Waals surface area contributed by atoms with Crippen molar-refractivity contribution in [2.45, 2.75) is 71.4 Å². The summed E-state index contributed by atoms with van der Waals surface area (Å²) in [6, 6.07) is 3.10. The number of aromatic amines is 1. The summed E-state index contributed by atoms with van der Waals surface area (Å²) in [4.78, 5) is 48.8. The van der Waals surface area contributed by atoms with E-state index in [1.165, 1.54) is 29.7 Å². The van der Waals surface area contributed by atoms with Crippen LogP contribution >= 0.6 is 0 Å². The average molecular weight is 540 g/mol. The molecule has 4 N–H and O–H groups in total. The summed E-state index contributed by atoms with van der Waals surface area (Å²) < 4.78 is 3.02. The van der Waals surface area contributed by atoms with Crippen LogP contribution in [0.25, 0.3) is 11.2 Å². The van der Waals surface area contributed by atoms with E-state index in [2.05, 4.69) is 20.6 Å². The third-order valence-electron chi connectivity index (χ3n) is 8.51. The highest BCUT2D eigenvalue weighted by atomic mass is 16.6. The number of quaternary nitrogens is 1. The second-order valence-electron chi connectivity index (χ2n) is 11.0. The van der Waals surface area contributed by atoms with Crippen LogP contribution in [0.15, 0.2) is 27.9 Å². The van der Waals surface area contributed by atoms with Gasteiger partial charge in [-0.15, -0.1) is 0 Å². The van der Waals surface area contributed by atoms with Crippen LogP contribution in [0.2, 0.25) is 0 Å². The smallest absolute Gasteiger partial charge is 0.332 e. The van der Waals surface area contributed by atoms with E-state index in [0.717, 1.165) is 51.1 Å². The molecule has 0 spiro atoms. The average Bonchev–Trinajstić information content (AvgIpc) is 3.47. The highest BCUT2D eigenvalue weighted by molar-refractivity contribution is 5.70. The molecule has 12 heteroatoms. The molecule has 2 aliphatic rings. The number of hydrogen-bond acceptors (Lipinski definition) is 7. The maximum absolute atomic E-state index is 13.1. The lowest BCUT2D eigenvalue weighted by Crippen LogP contribution is -2.87. The summed E-state index contributed by atoms with van der Waals surface area (Å²) in [6.45, 7) is 7.68. The van der Waals surface area contributed by atoms with Gasteiger partial charge in [0.15, 0.2) is 5.65 Å². The molecule has 5 rings (SSSR count). The van der Waals surface area contributed by atoms with Gasteiger partial charge >= 0.3 is 5.69 Å². The highest BCUT2D eigenvalue weighted by Gasteiger charge is 2.44. The third kappa shape index (κ3) is 5.47. The van der Waals surface area contributed by atoms with Gasteiger partial charge in [-0.05, 0) is 56.4 Å². The number of aromatic nitrogens is 5. The number of nitro groups is 1. The minimum Gasteiger partial charge on any atom is -0.364 e. The second kappa shape index (κ2) is 11.7. The Bertz CT molecular complexity index is 1410. The largest absolute Gasteiger partial charge is 0.364 e. The molecule has 3 aromatic rings. The van der Waals surface area contributed by atoms with Gasteiger partial charge in [0.1, 0.15) is 23.4 Å². The number of aryl methyl sites for hydroxylation is 1. The number of pyridine rings is 1. The highest BCUT2D eigenvalue weighted by Crippen LogP contribution is 2.51. The van der Waals surface area contributed by atoms with E-state index >= 15 is 0 Å². The normalized spacial score (nSPS) is 22.4. The molecule has 2 atom stereocenters. The number of fused-ring (bicyclic) bond motifs is 3. The Labute approximate surface area is 226 Å². The first-order valence-electron chi connectivity index (χ1n) is 14.3. The van der Waals surface area contributed by atoms with Gasteiger partial charge in [0, 0.05) is 31.0 Å². The van der Waals surface area contributed by atoms with Crippen LogP contribution in [0.1, 0.15) is 64.1 Å². The lowest BCUT2D eigenvalue weighted by atomic mass is 9.73. The molecule has 3 heterocycles. The van der Waals surface area contributed by atoms with Crippen molar-refractivity contribution in [3.63, 3.8) is 0 Å². The molecule has 0 radical (unpaired) electrons. The fourth-order valence-electron chi connectivity index (χ4n) is 6.70. The Morgan fingerprint density at radius 2 is 1.85 bits per heavy atom. The van der Waals surface area contributed by atoms with Crippen molar-refractivity contribution < 1.29 is 10.2 Å². The maximum Gasteiger partial charge on any atom is 0.332 e. The molecule has 2 aliphatic carbocycles. The molecule has 12 nitrogen and oxygen atoms in total. The van der Waals surface area contributed by atoms with Crippen molar-refractivity contribution in [1.29, 1.82) is 0 Å². The van der Waals surface area contributed by atoms with Gasteiger partial charge in [0.25, 0.3) is 11.2 Å². The van der Waals surface area contributed by atoms with Gasteiger partial charge in [0.05, 0.1) is 24.6 Å². The van der Waals surface area contributed by atoms with E-state index in [4.69, 9.17) is 4.98 Å².